The number of aliphatic hydroxyl groups is 4. The van der Waals surface area contributed by atoms with Crippen LogP contribution in [-0.2, 0) is 9.47 Å². The molecule has 0 saturated carbocycles. The Morgan fingerprint density at radius 3 is 0.629 bits per heavy atom. The van der Waals surface area contributed by atoms with Crippen molar-refractivity contribution in [1.29, 1.82) is 0 Å². The summed E-state index contributed by atoms with van der Waals surface area (Å²) in [5.41, 5.74) is -0.699. The van der Waals surface area contributed by atoms with Crippen LogP contribution >= 0.6 is 0 Å². The maximum atomic E-state index is 12.6. The van der Waals surface area contributed by atoms with Gasteiger partial charge in [-0.15, -0.1) is 0 Å². The number of carbonyl (C=O) groups is 4. The first-order valence-electron chi connectivity index (χ1n) is 25.7. The molecule has 0 heterocycles. The van der Waals surface area contributed by atoms with E-state index in [0.29, 0.717) is 35.5 Å². The summed E-state index contributed by atoms with van der Waals surface area (Å²) in [6.07, 6.45) is 18.1. The quantitative estimate of drug-likeness (QED) is 0.0266. The molecule has 4 aromatic carbocycles. The van der Waals surface area contributed by atoms with Crippen molar-refractivity contribution in [1.82, 2.24) is 0 Å². The Bertz CT molecular complexity index is 1910. The van der Waals surface area contributed by atoms with E-state index >= 15 is 0 Å². The Labute approximate surface area is 418 Å². The van der Waals surface area contributed by atoms with E-state index in [9.17, 15) is 39.6 Å². The van der Waals surface area contributed by atoms with Gasteiger partial charge in [-0.1, -0.05) is 187 Å². The summed E-state index contributed by atoms with van der Waals surface area (Å²) < 4.78 is 12.9. The highest BCUT2D eigenvalue weighted by Gasteiger charge is 2.29. The molecule has 4 rings (SSSR count). The first-order chi connectivity index (χ1) is 33.0. The Balaban J connectivity index is 1.08. The topological polar surface area (TPSA) is 168 Å². The zero-order valence-electron chi connectivity index (χ0n) is 43.4. The average Bonchev–Trinajstić information content (AvgIpc) is 3.31. The molecule has 0 unspecified atom stereocenters. The van der Waals surface area contributed by atoms with Gasteiger partial charge in [0.05, 0.1) is 0 Å². The minimum Gasteiger partial charge on any atom is -0.382 e. The highest BCUT2D eigenvalue weighted by molar-refractivity contribution is 6.03. The predicted molar refractivity (Wildman–Crippen MR) is 278 cm³/mol. The van der Waals surface area contributed by atoms with Gasteiger partial charge in [0.1, 0.15) is 34.6 Å². The Morgan fingerprint density at radius 1 is 0.314 bits per heavy atom. The van der Waals surface area contributed by atoms with Gasteiger partial charge >= 0.3 is 0 Å². The van der Waals surface area contributed by atoms with Gasteiger partial charge in [-0.2, -0.15) is 0 Å². The largest absolute Gasteiger partial charge is 0.382 e. The van der Waals surface area contributed by atoms with Crippen LogP contribution in [-0.4, -0.2) is 79.2 Å². The van der Waals surface area contributed by atoms with Gasteiger partial charge in [-0.25, -0.2) is 0 Å². The van der Waals surface area contributed by atoms with E-state index < -0.39 is 34.6 Å². The van der Waals surface area contributed by atoms with Crippen LogP contribution in [0.4, 0.5) is 0 Å². The van der Waals surface area contributed by atoms with Crippen molar-refractivity contribution in [3.63, 3.8) is 0 Å². The van der Waals surface area contributed by atoms with Crippen LogP contribution in [0.15, 0.2) is 97.1 Å². The normalized spacial score (nSPS) is 12.5. The highest BCUT2D eigenvalue weighted by Crippen LogP contribution is 2.31. The van der Waals surface area contributed by atoms with Crippen molar-refractivity contribution < 1.29 is 49.1 Å². The molecule has 10 nitrogen and oxygen atoms in total. The standard InChI is InChI=1S/C60H82O10/c1-57(2,65)53(61)47-33-25-43(26-34-47)51(44-27-35-48(36-28-44)54(62)58(3,4)66)69-41-23-21-19-17-15-13-11-9-10-12-14-16-18-20-22-24-42-70-52(45-29-37-49(38-30-45)55(63)59(5,6)67)46-31-39-50(40-32-46)56(64)60(7,8)68/h25-40,51-52,65-68H,9-24,41-42H2,1-8H3. The molecule has 0 saturated heterocycles. The molecule has 0 aliphatic rings. The van der Waals surface area contributed by atoms with Crippen LogP contribution in [0, 0.1) is 0 Å². The molecule has 0 aliphatic carbocycles. The van der Waals surface area contributed by atoms with Gasteiger partial charge in [0.25, 0.3) is 0 Å². The van der Waals surface area contributed by atoms with Gasteiger partial charge in [0.2, 0.25) is 0 Å². The molecule has 382 valence electrons. The second kappa shape index (κ2) is 27.2. The molecule has 0 aliphatic heterocycles. The minimum absolute atomic E-state index is 0.352. The fraction of sp³-hybridized carbons (Fsp3) is 0.533. The number of ketones is 4. The second-order valence-electron chi connectivity index (χ2n) is 21.2. The maximum Gasteiger partial charge on any atom is 0.193 e. The third kappa shape index (κ3) is 18.8. The Morgan fingerprint density at radius 2 is 0.471 bits per heavy atom. The monoisotopic (exact) mass is 963 g/mol. The van der Waals surface area contributed by atoms with Crippen LogP contribution in [0.25, 0.3) is 0 Å². The summed E-state index contributed by atoms with van der Waals surface area (Å²) in [6.45, 7) is 13.0. The lowest BCUT2D eigenvalue weighted by Crippen LogP contribution is -2.31. The third-order valence-corrected chi connectivity index (χ3v) is 12.7. The van der Waals surface area contributed by atoms with E-state index in [1.165, 1.54) is 120 Å². The smallest absolute Gasteiger partial charge is 0.193 e. The van der Waals surface area contributed by atoms with Crippen LogP contribution in [0.1, 0.15) is 234 Å². The summed E-state index contributed by atoms with van der Waals surface area (Å²) in [5.74, 6) is -1.41. The number of hydrogen-bond acceptors (Lipinski definition) is 10. The molecular weight excluding hydrogens is 881 g/mol. The SMILES string of the molecule is CC(C)(O)C(=O)c1ccc(C(OCCCCCCCCCCCCCCCCCCOC(c2ccc(C(=O)C(C)(C)O)cc2)c2ccc(C(=O)C(C)(C)O)cc2)c2ccc(C(=O)C(C)(C)O)cc2)cc1. The molecule has 0 fully saturated rings. The van der Waals surface area contributed by atoms with Gasteiger partial charge in [0.15, 0.2) is 23.1 Å². The van der Waals surface area contributed by atoms with Crippen molar-refractivity contribution in [2.24, 2.45) is 0 Å². The zero-order valence-corrected chi connectivity index (χ0v) is 43.4. The maximum absolute atomic E-state index is 12.6. The highest BCUT2D eigenvalue weighted by atomic mass is 16.5. The van der Waals surface area contributed by atoms with Crippen LogP contribution in [0.5, 0.6) is 0 Å². The van der Waals surface area contributed by atoms with E-state index in [4.69, 9.17) is 9.47 Å². The van der Waals surface area contributed by atoms with E-state index in [1.807, 2.05) is 48.5 Å². The molecule has 0 spiro atoms. The molecule has 0 atom stereocenters. The zero-order chi connectivity index (χ0) is 51.5. The molecule has 4 aromatic rings. The summed E-state index contributed by atoms with van der Waals surface area (Å²) in [7, 11) is 0. The van der Waals surface area contributed by atoms with E-state index in [1.54, 1.807) is 48.5 Å². The molecule has 70 heavy (non-hydrogen) atoms. The summed E-state index contributed by atoms with van der Waals surface area (Å²) in [6, 6.07) is 28.5. The molecule has 10 heteroatoms. The number of unbranched alkanes of at least 4 members (excludes halogenated alkanes) is 15. The fourth-order valence-corrected chi connectivity index (χ4v) is 8.50. The number of benzene rings is 4. The number of Topliss-reactive ketones (excluding diaryl/α,β-unsaturated/α-hetero) is 4. The summed E-state index contributed by atoms with van der Waals surface area (Å²) >= 11 is 0. The van der Waals surface area contributed by atoms with Gasteiger partial charge < -0.3 is 29.9 Å². The molecule has 0 aromatic heterocycles. The van der Waals surface area contributed by atoms with Crippen molar-refractivity contribution >= 4 is 23.1 Å². The van der Waals surface area contributed by atoms with Gasteiger partial charge in [-0.3, -0.25) is 19.2 Å². The predicted octanol–water partition coefficient (Wildman–Crippen LogP) is 12.7. The van der Waals surface area contributed by atoms with Crippen molar-refractivity contribution in [2.45, 2.75) is 193 Å². The van der Waals surface area contributed by atoms with E-state index in [-0.39, 0.29) is 23.1 Å². The van der Waals surface area contributed by atoms with E-state index in [2.05, 4.69) is 0 Å². The first kappa shape index (κ1) is 57.9. The van der Waals surface area contributed by atoms with Crippen molar-refractivity contribution in [3.05, 3.63) is 142 Å². The molecule has 4 N–H and O–H groups in total. The second-order valence-corrected chi connectivity index (χ2v) is 21.2. The minimum atomic E-state index is -1.47. The number of hydrogen-bond donors (Lipinski definition) is 4. The van der Waals surface area contributed by atoms with Crippen LogP contribution < -0.4 is 0 Å². The summed E-state index contributed by atoms with van der Waals surface area (Å²) in [5, 5.41) is 40.8. The molecule has 0 bridgehead atoms. The fourth-order valence-electron chi connectivity index (χ4n) is 8.50. The van der Waals surface area contributed by atoms with Gasteiger partial charge in [-0.05, 0) is 90.5 Å². The van der Waals surface area contributed by atoms with Crippen LogP contribution in [0.2, 0.25) is 0 Å². The van der Waals surface area contributed by atoms with Crippen LogP contribution in [0.3, 0.4) is 0 Å². The number of ether oxygens (including phenoxy) is 2. The number of rotatable bonds is 33. The Kier molecular flexibility index (Phi) is 22.5. The average molecular weight is 963 g/mol. The molecular formula is C60H82O10. The van der Waals surface area contributed by atoms with E-state index in [0.717, 1.165) is 60.8 Å². The lowest BCUT2D eigenvalue weighted by molar-refractivity contribution is 0.0486. The van der Waals surface area contributed by atoms with Crippen molar-refractivity contribution in [3.8, 4) is 0 Å². The first-order valence-corrected chi connectivity index (χ1v) is 25.7. The summed E-state index contributed by atoms with van der Waals surface area (Å²) in [4.78, 5) is 50.5. The van der Waals surface area contributed by atoms with Gasteiger partial charge in [0, 0.05) is 35.5 Å². The molecule has 0 amide bonds. The third-order valence-electron chi connectivity index (χ3n) is 12.7. The molecule has 0 radical (unpaired) electrons. The lowest BCUT2D eigenvalue weighted by Gasteiger charge is -2.21. The Hall–Kier alpha value is -4.68. The lowest BCUT2D eigenvalue weighted by atomic mass is 9.92. The number of carbonyl (C=O) groups excluding carboxylic acids is 4. The van der Waals surface area contributed by atoms with Crippen molar-refractivity contribution in [2.75, 3.05) is 13.2 Å².